The summed E-state index contributed by atoms with van der Waals surface area (Å²) in [5.41, 5.74) is 0. The Morgan fingerprint density at radius 2 is 2.10 bits per heavy atom. The van der Waals surface area contributed by atoms with Gasteiger partial charge in [0.05, 0.1) is 6.54 Å². The molecule has 0 bridgehead atoms. The van der Waals surface area contributed by atoms with Crippen LogP contribution in [0.5, 0.6) is 5.75 Å². The van der Waals surface area contributed by atoms with Crippen LogP contribution in [0.25, 0.3) is 0 Å². The Morgan fingerprint density at radius 1 is 1.35 bits per heavy atom. The number of nitrogens with zero attached hydrogens (tertiary/aromatic N) is 1. The molecule has 1 fully saturated rings. The number of amides is 3. The molecule has 0 radical (unpaired) electrons. The number of carbonyl (C=O) groups is 3. The van der Waals surface area contributed by atoms with Crippen LogP contribution < -0.4 is 10.1 Å². The molecule has 6 nitrogen and oxygen atoms in total. The lowest BCUT2D eigenvalue weighted by Crippen LogP contribution is -2.32. The van der Waals surface area contributed by atoms with Crippen molar-refractivity contribution >= 4 is 17.9 Å². The van der Waals surface area contributed by atoms with Gasteiger partial charge in [0.1, 0.15) is 0 Å². The standard InChI is InChI=1S/C13H13FN2O4/c14-9-4-1-2-5-10(9)20-12(18)6-3-7-16-11(17)8-15-13(16)19/h1-2,4-5H,3,6-8H2,(H,15,19). The lowest BCUT2D eigenvalue weighted by atomic mass is 10.3. The van der Waals surface area contributed by atoms with Crippen molar-refractivity contribution in [2.45, 2.75) is 12.8 Å². The Bertz CT molecular complexity index is 531. The second-order valence-corrected chi connectivity index (χ2v) is 4.21. The third-order valence-corrected chi connectivity index (χ3v) is 2.76. The first-order chi connectivity index (χ1) is 9.58. The van der Waals surface area contributed by atoms with Gasteiger partial charge < -0.3 is 10.1 Å². The summed E-state index contributed by atoms with van der Waals surface area (Å²) in [6.07, 6.45) is 0.262. The van der Waals surface area contributed by atoms with Crippen LogP contribution >= 0.6 is 0 Å². The number of benzene rings is 1. The van der Waals surface area contributed by atoms with E-state index in [1.807, 2.05) is 0 Å². The summed E-state index contributed by atoms with van der Waals surface area (Å²) in [4.78, 5) is 35.0. The molecule has 20 heavy (non-hydrogen) atoms. The fourth-order valence-electron chi connectivity index (χ4n) is 1.76. The molecule has 1 aromatic rings. The Morgan fingerprint density at radius 3 is 2.75 bits per heavy atom. The number of rotatable bonds is 5. The number of halogens is 1. The van der Waals surface area contributed by atoms with Gasteiger partial charge in [-0.25, -0.2) is 9.18 Å². The highest BCUT2D eigenvalue weighted by atomic mass is 19.1. The van der Waals surface area contributed by atoms with Gasteiger partial charge in [-0.15, -0.1) is 0 Å². The number of imide groups is 1. The van der Waals surface area contributed by atoms with Gasteiger partial charge >= 0.3 is 12.0 Å². The van der Waals surface area contributed by atoms with Gasteiger partial charge in [0.25, 0.3) is 0 Å². The van der Waals surface area contributed by atoms with Crippen LogP contribution in [0.1, 0.15) is 12.8 Å². The highest BCUT2D eigenvalue weighted by Gasteiger charge is 2.27. The van der Waals surface area contributed by atoms with Crippen LogP contribution in [0, 0.1) is 5.82 Å². The minimum absolute atomic E-state index is 0.00854. The van der Waals surface area contributed by atoms with E-state index in [9.17, 15) is 18.8 Å². The van der Waals surface area contributed by atoms with Crippen LogP contribution in [0.4, 0.5) is 9.18 Å². The van der Waals surface area contributed by atoms with E-state index < -0.39 is 17.8 Å². The molecule has 0 aromatic heterocycles. The summed E-state index contributed by atoms with van der Waals surface area (Å²) in [5, 5.41) is 2.38. The first kappa shape index (κ1) is 14.0. The van der Waals surface area contributed by atoms with E-state index in [0.717, 1.165) is 4.90 Å². The van der Waals surface area contributed by atoms with Crippen molar-refractivity contribution in [2.75, 3.05) is 13.1 Å². The molecular formula is C13H13FN2O4. The quantitative estimate of drug-likeness (QED) is 0.497. The fraction of sp³-hybridized carbons (Fsp3) is 0.308. The summed E-state index contributed by atoms with van der Waals surface area (Å²) in [6, 6.07) is 5.13. The second-order valence-electron chi connectivity index (χ2n) is 4.21. The molecule has 1 N–H and O–H groups in total. The zero-order chi connectivity index (χ0) is 14.5. The number of esters is 1. The van der Waals surface area contributed by atoms with E-state index in [0.29, 0.717) is 0 Å². The average molecular weight is 280 g/mol. The molecule has 3 amide bonds. The van der Waals surface area contributed by atoms with Crippen molar-refractivity contribution < 1.29 is 23.5 Å². The van der Waals surface area contributed by atoms with Crippen molar-refractivity contribution in [3.05, 3.63) is 30.1 Å². The van der Waals surface area contributed by atoms with Crippen molar-refractivity contribution in [1.82, 2.24) is 10.2 Å². The fourth-order valence-corrected chi connectivity index (χ4v) is 1.76. The largest absolute Gasteiger partial charge is 0.423 e. The molecule has 106 valence electrons. The lowest BCUT2D eigenvalue weighted by molar-refractivity contribution is -0.135. The van der Waals surface area contributed by atoms with E-state index >= 15 is 0 Å². The monoisotopic (exact) mass is 280 g/mol. The Hall–Kier alpha value is -2.44. The second kappa shape index (κ2) is 6.14. The van der Waals surface area contributed by atoms with E-state index in [1.165, 1.54) is 18.2 Å². The summed E-state index contributed by atoms with van der Waals surface area (Å²) in [7, 11) is 0. The van der Waals surface area contributed by atoms with Crippen molar-refractivity contribution in [3.63, 3.8) is 0 Å². The van der Waals surface area contributed by atoms with Crippen LogP contribution in [0.3, 0.4) is 0 Å². The van der Waals surface area contributed by atoms with Crippen LogP contribution in [0.2, 0.25) is 0 Å². The molecule has 0 aliphatic carbocycles. The lowest BCUT2D eigenvalue weighted by Gasteiger charge is -2.11. The Kier molecular flexibility index (Phi) is 4.29. The molecule has 2 rings (SSSR count). The third-order valence-electron chi connectivity index (χ3n) is 2.76. The minimum atomic E-state index is -0.616. The predicted molar refractivity (Wildman–Crippen MR) is 66.4 cm³/mol. The van der Waals surface area contributed by atoms with Gasteiger partial charge in [0, 0.05) is 13.0 Å². The van der Waals surface area contributed by atoms with E-state index in [1.54, 1.807) is 6.07 Å². The molecule has 0 spiro atoms. The van der Waals surface area contributed by atoms with Crippen LogP contribution in [-0.2, 0) is 9.59 Å². The van der Waals surface area contributed by atoms with Crippen LogP contribution in [0.15, 0.2) is 24.3 Å². The first-order valence-electron chi connectivity index (χ1n) is 6.11. The van der Waals surface area contributed by atoms with E-state index in [-0.39, 0.29) is 37.6 Å². The number of ether oxygens (including phenoxy) is 1. The molecule has 1 heterocycles. The third kappa shape index (κ3) is 3.31. The van der Waals surface area contributed by atoms with E-state index in [2.05, 4.69) is 5.32 Å². The van der Waals surface area contributed by atoms with Gasteiger partial charge in [-0.2, -0.15) is 0 Å². The summed E-state index contributed by atoms with van der Waals surface area (Å²) in [5.74, 6) is -1.68. The highest BCUT2D eigenvalue weighted by Crippen LogP contribution is 2.16. The van der Waals surface area contributed by atoms with Gasteiger partial charge in [-0.1, -0.05) is 12.1 Å². The zero-order valence-electron chi connectivity index (χ0n) is 10.6. The van der Waals surface area contributed by atoms with Crippen LogP contribution in [-0.4, -0.2) is 35.9 Å². The van der Waals surface area contributed by atoms with Crippen molar-refractivity contribution in [1.29, 1.82) is 0 Å². The molecule has 0 unspecified atom stereocenters. The van der Waals surface area contributed by atoms with Gasteiger partial charge in [-0.05, 0) is 18.6 Å². The molecule has 1 aromatic carbocycles. The maximum atomic E-state index is 13.2. The summed E-state index contributed by atoms with van der Waals surface area (Å²) in [6.45, 7) is 0.121. The highest BCUT2D eigenvalue weighted by molar-refractivity contribution is 6.01. The minimum Gasteiger partial charge on any atom is -0.423 e. The zero-order valence-corrected chi connectivity index (χ0v) is 10.6. The number of para-hydroxylation sites is 1. The molecule has 1 aliphatic rings. The molecule has 0 saturated carbocycles. The first-order valence-corrected chi connectivity index (χ1v) is 6.11. The van der Waals surface area contributed by atoms with Gasteiger partial charge in [-0.3, -0.25) is 14.5 Å². The molecular weight excluding hydrogens is 267 g/mol. The van der Waals surface area contributed by atoms with E-state index in [4.69, 9.17) is 4.74 Å². The normalized spacial score (nSPS) is 14.3. The maximum absolute atomic E-state index is 13.2. The number of hydrogen-bond donors (Lipinski definition) is 1. The van der Waals surface area contributed by atoms with Crippen molar-refractivity contribution in [2.24, 2.45) is 0 Å². The number of carbonyl (C=O) groups excluding carboxylic acids is 3. The molecule has 7 heteroatoms. The van der Waals surface area contributed by atoms with Crippen molar-refractivity contribution in [3.8, 4) is 5.75 Å². The Balaban J connectivity index is 1.77. The number of hydrogen-bond acceptors (Lipinski definition) is 4. The summed E-state index contributed by atoms with van der Waals surface area (Å²) < 4.78 is 18.1. The number of urea groups is 1. The number of nitrogens with one attached hydrogen (secondary N) is 1. The van der Waals surface area contributed by atoms with Gasteiger partial charge in [0.15, 0.2) is 11.6 Å². The molecule has 1 aliphatic heterocycles. The molecule has 0 atom stereocenters. The maximum Gasteiger partial charge on any atom is 0.324 e. The average Bonchev–Trinajstić information content (AvgIpc) is 2.73. The smallest absolute Gasteiger partial charge is 0.324 e. The van der Waals surface area contributed by atoms with Gasteiger partial charge in [0.2, 0.25) is 5.91 Å². The topological polar surface area (TPSA) is 75.7 Å². The summed E-state index contributed by atoms with van der Waals surface area (Å²) >= 11 is 0. The predicted octanol–water partition coefficient (Wildman–Crippen LogP) is 1.06. The Labute approximate surface area is 114 Å². The SMILES string of the molecule is O=C(CCCN1C(=O)CNC1=O)Oc1ccccc1F. The molecule has 1 saturated heterocycles.